The lowest BCUT2D eigenvalue weighted by Gasteiger charge is -2.14. The number of carbonyl (C=O) groups excluding carboxylic acids is 1. The molecule has 1 aromatic carbocycles. The number of aromatic nitrogens is 2. The first-order chi connectivity index (χ1) is 11.1. The lowest BCUT2D eigenvalue weighted by atomic mass is 10.0. The summed E-state index contributed by atoms with van der Waals surface area (Å²) in [5.41, 5.74) is 2.22. The second kappa shape index (κ2) is 8.14. The fraction of sp³-hybridized carbons (Fsp3) is 0.579. The highest BCUT2D eigenvalue weighted by molar-refractivity contribution is 5.78. The van der Waals surface area contributed by atoms with Gasteiger partial charge in [0.2, 0.25) is 5.91 Å². The minimum Gasteiger partial charge on any atom is -0.355 e. The monoisotopic (exact) mass is 315 g/mol. The number of carbonyl (C=O) groups is 1. The molecule has 0 aliphatic heterocycles. The third-order valence-electron chi connectivity index (χ3n) is 4.29. The van der Waals surface area contributed by atoms with E-state index in [9.17, 15) is 4.79 Å². The van der Waals surface area contributed by atoms with Gasteiger partial charge in [-0.15, -0.1) is 0 Å². The lowest BCUT2D eigenvalue weighted by molar-refractivity contribution is -0.125. The molecule has 1 heterocycles. The number of rotatable bonds is 8. The Bertz CT molecular complexity index is 641. The van der Waals surface area contributed by atoms with Crippen LogP contribution in [0, 0.1) is 11.8 Å². The summed E-state index contributed by atoms with van der Waals surface area (Å²) in [4.78, 5) is 16.9. The van der Waals surface area contributed by atoms with Gasteiger partial charge in [0.1, 0.15) is 5.82 Å². The zero-order valence-electron chi connectivity index (χ0n) is 14.8. The van der Waals surface area contributed by atoms with E-state index in [4.69, 9.17) is 4.98 Å². The number of amides is 1. The van der Waals surface area contributed by atoms with Crippen LogP contribution in [-0.2, 0) is 17.8 Å². The summed E-state index contributed by atoms with van der Waals surface area (Å²) >= 11 is 0. The Hall–Kier alpha value is -1.84. The van der Waals surface area contributed by atoms with E-state index in [1.165, 1.54) is 5.52 Å². The Morgan fingerprint density at radius 3 is 2.57 bits per heavy atom. The topological polar surface area (TPSA) is 46.9 Å². The third kappa shape index (κ3) is 4.34. The summed E-state index contributed by atoms with van der Waals surface area (Å²) in [6.45, 7) is 10.2. The molecule has 0 spiro atoms. The van der Waals surface area contributed by atoms with Crippen LogP contribution in [0.15, 0.2) is 24.3 Å². The largest absolute Gasteiger partial charge is 0.355 e. The van der Waals surface area contributed by atoms with Crippen LogP contribution < -0.4 is 5.32 Å². The van der Waals surface area contributed by atoms with Gasteiger partial charge in [0.05, 0.1) is 11.0 Å². The molecule has 2 rings (SSSR count). The predicted octanol–water partition coefficient (Wildman–Crippen LogP) is 3.79. The van der Waals surface area contributed by atoms with Crippen molar-refractivity contribution in [3.8, 4) is 0 Å². The van der Waals surface area contributed by atoms with E-state index in [2.05, 4.69) is 55.8 Å². The molecule has 0 atom stereocenters. The molecule has 0 aliphatic carbocycles. The highest BCUT2D eigenvalue weighted by Crippen LogP contribution is 2.18. The molecule has 0 unspecified atom stereocenters. The number of nitrogens with zero attached hydrogens (tertiary/aromatic N) is 2. The molecular formula is C19H29N3O. The maximum Gasteiger partial charge on any atom is 0.223 e. The molecule has 0 saturated heterocycles. The zero-order chi connectivity index (χ0) is 16.8. The molecule has 0 aliphatic rings. The Morgan fingerprint density at radius 1 is 1.22 bits per heavy atom. The van der Waals surface area contributed by atoms with Crippen LogP contribution in [0.5, 0.6) is 0 Å². The van der Waals surface area contributed by atoms with Gasteiger partial charge in [-0.25, -0.2) is 4.98 Å². The molecule has 126 valence electrons. The van der Waals surface area contributed by atoms with Gasteiger partial charge in [-0.2, -0.15) is 0 Å². The Labute approximate surface area is 139 Å². The molecule has 0 fully saturated rings. The molecular weight excluding hydrogens is 286 g/mol. The summed E-state index contributed by atoms with van der Waals surface area (Å²) in [5.74, 6) is 1.92. The van der Waals surface area contributed by atoms with Crippen molar-refractivity contribution in [1.29, 1.82) is 0 Å². The van der Waals surface area contributed by atoms with Gasteiger partial charge in [0.25, 0.3) is 0 Å². The van der Waals surface area contributed by atoms with Crippen LogP contribution in [0.25, 0.3) is 11.0 Å². The highest BCUT2D eigenvalue weighted by Gasteiger charge is 2.15. The van der Waals surface area contributed by atoms with Gasteiger partial charge in [0.15, 0.2) is 0 Å². The number of hydrogen-bond donors (Lipinski definition) is 1. The second-order valence-corrected chi connectivity index (χ2v) is 6.58. The number of benzene rings is 1. The van der Waals surface area contributed by atoms with E-state index < -0.39 is 0 Å². The van der Waals surface area contributed by atoms with E-state index in [-0.39, 0.29) is 11.8 Å². The number of nitrogens with one attached hydrogen (secondary N) is 1. The average Bonchev–Trinajstić information content (AvgIpc) is 2.86. The van der Waals surface area contributed by atoms with Crippen LogP contribution in [0.2, 0.25) is 0 Å². The van der Waals surface area contributed by atoms with Crippen molar-refractivity contribution >= 4 is 16.9 Å². The Kier molecular flexibility index (Phi) is 6.20. The molecule has 1 N–H and O–H groups in total. The quantitative estimate of drug-likeness (QED) is 0.805. The number of fused-ring (bicyclic) bond motifs is 1. The zero-order valence-corrected chi connectivity index (χ0v) is 14.8. The Morgan fingerprint density at radius 2 is 1.91 bits per heavy atom. The van der Waals surface area contributed by atoms with E-state index in [0.29, 0.717) is 12.5 Å². The third-order valence-corrected chi connectivity index (χ3v) is 4.29. The van der Waals surface area contributed by atoms with Gasteiger partial charge in [-0.3, -0.25) is 4.79 Å². The normalized spacial score (nSPS) is 11.6. The van der Waals surface area contributed by atoms with Gasteiger partial charge in [-0.05, 0) is 30.9 Å². The van der Waals surface area contributed by atoms with E-state index >= 15 is 0 Å². The van der Waals surface area contributed by atoms with Crippen LogP contribution in [-0.4, -0.2) is 22.0 Å². The van der Waals surface area contributed by atoms with Crippen molar-refractivity contribution in [2.45, 2.75) is 53.5 Å². The molecule has 1 amide bonds. The molecule has 0 bridgehead atoms. The smallest absolute Gasteiger partial charge is 0.223 e. The summed E-state index contributed by atoms with van der Waals surface area (Å²) in [5, 5.41) is 3.07. The van der Waals surface area contributed by atoms with Crippen molar-refractivity contribution in [3.63, 3.8) is 0 Å². The van der Waals surface area contributed by atoms with Crippen LogP contribution in [0.4, 0.5) is 0 Å². The average molecular weight is 315 g/mol. The standard InChI is InChI=1S/C19H29N3O/c1-5-15(6-2)19(23)20-12-11-18-21-16-9-7-8-10-17(16)22(18)13-14(3)4/h7-10,14-15H,5-6,11-13H2,1-4H3,(H,20,23). The summed E-state index contributed by atoms with van der Waals surface area (Å²) in [6, 6.07) is 8.25. The van der Waals surface area contributed by atoms with Gasteiger partial charge >= 0.3 is 0 Å². The van der Waals surface area contributed by atoms with Crippen molar-refractivity contribution in [3.05, 3.63) is 30.1 Å². The first-order valence-corrected chi connectivity index (χ1v) is 8.78. The van der Waals surface area contributed by atoms with Crippen molar-refractivity contribution in [2.75, 3.05) is 6.54 Å². The lowest BCUT2D eigenvalue weighted by Crippen LogP contribution is -2.32. The maximum absolute atomic E-state index is 12.1. The minimum atomic E-state index is 0.129. The van der Waals surface area contributed by atoms with E-state index in [1.54, 1.807) is 0 Å². The van der Waals surface area contributed by atoms with Crippen LogP contribution in [0.1, 0.15) is 46.4 Å². The fourth-order valence-corrected chi connectivity index (χ4v) is 2.99. The molecule has 1 aromatic heterocycles. The molecule has 23 heavy (non-hydrogen) atoms. The van der Waals surface area contributed by atoms with Crippen LogP contribution in [0.3, 0.4) is 0 Å². The molecule has 2 aromatic rings. The van der Waals surface area contributed by atoms with Crippen LogP contribution >= 0.6 is 0 Å². The summed E-state index contributed by atoms with van der Waals surface area (Å²) < 4.78 is 2.29. The first-order valence-electron chi connectivity index (χ1n) is 8.78. The molecule has 4 heteroatoms. The predicted molar refractivity (Wildman–Crippen MR) is 95.4 cm³/mol. The summed E-state index contributed by atoms with van der Waals surface area (Å²) in [7, 11) is 0. The fourth-order valence-electron chi connectivity index (χ4n) is 2.99. The molecule has 4 nitrogen and oxygen atoms in total. The Balaban J connectivity index is 2.09. The first kappa shape index (κ1) is 17.5. The van der Waals surface area contributed by atoms with Crippen molar-refractivity contribution in [2.24, 2.45) is 11.8 Å². The van der Waals surface area contributed by atoms with Gasteiger partial charge in [0, 0.05) is 25.4 Å². The van der Waals surface area contributed by atoms with E-state index in [0.717, 1.165) is 37.1 Å². The minimum absolute atomic E-state index is 0.129. The summed E-state index contributed by atoms with van der Waals surface area (Å²) in [6.07, 6.45) is 2.57. The highest BCUT2D eigenvalue weighted by atomic mass is 16.1. The SMILES string of the molecule is CCC(CC)C(=O)NCCc1nc2ccccc2n1CC(C)C. The number of hydrogen-bond acceptors (Lipinski definition) is 2. The van der Waals surface area contributed by atoms with E-state index in [1.807, 2.05) is 6.07 Å². The number of para-hydroxylation sites is 2. The second-order valence-electron chi connectivity index (χ2n) is 6.58. The molecule has 0 saturated carbocycles. The number of imidazole rings is 1. The van der Waals surface area contributed by atoms with Gasteiger partial charge in [-0.1, -0.05) is 39.8 Å². The molecule has 0 radical (unpaired) electrons. The van der Waals surface area contributed by atoms with Gasteiger partial charge < -0.3 is 9.88 Å². The van der Waals surface area contributed by atoms with Crippen molar-refractivity contribution in [1.82, 2.24) is 14.9 Å². The van der Waals surface area contributed by atoms with Crippen molar-refractivity contribution < 1.29 is 4.79 Å². The maximum atomic E-state index is 12.1.